The van der Waals surface area contributed by atoms with Gasteiger partial charge in [0.2, 0.25) is 0 Å². The quantitative estimate of drug-likeness (QED) is 0.556. The molecule has 0 aromatic rings. The summed E-state index contributed by atoms with van der Waals surface area (Å²) < 4.78 is 5.07. The number of rotatable bonds is 1. The molecule has 2 fully saturated rings. The van der Waals surface area contributed by atoms with Crippen LogP contribution in [0, 0.1) is 11.8 Å². The first-order valence-electron chi connectivity index (χ1n) is 4.11. The van der Waals surface area contributed by atoms with Gasteiger partial charge in [-0.2, -0.15) is 0 Å². The van der Waals surface area contributed by atoms with Gasteiger partial charge in [0.1, 0.15) is 6.10 Å². The van der Waals surface area contributed by atoms with Crippen molar-refractivity contribution in [3.63, 3.8) is 0 Å². The van der Waals surface area contributed by atoms with Crippen molar-refractivity contribution in [2.45, 2.75) is 25.4 Å². The number of carbonyl (C=O) groups is 1. The van der Waals surface area contributed by atoms with Gasteiger partial charge in [-0.15, -0.1) is 0 Å². The van der Waals surface area contributed by atoms with E-state index < -0.39 is 0 Å². The Morgan fingerprint density at radius 1 is 1.55 bits per heavy atom. The molecule has 3 nitrogen and oxygen atoms in total. The van der Waals surface area contributed by atoms with Crippen molar-refractivity contribution in [1.29, 1.82) is 0 Å². The summed E-state index contributed by atoms with van der Waals surface area (Å²) in [7, 11) is 0. The summed E-state index contributed by atoms with van der Waals surface area (Å²) in [5.41, 5.74) is 0. The minimum atomic E-state index is -0.0850. The van der Waals surface area contributed by atoms with Crippen molar-refractivity contribution in [2.75, 3.05) is 6.61 Å². The van der Waals surface area contributed by atoms with Crippen molar-refractivity contribution < 1.29 is 14.6 Å². The lowest BCUT2D eigenvalue weighted by atomic mass is 9.94. The predicted octanol–water partition coefficient (Wildman–Crippen LogP) is 0.320. The van der Waals surface area contributed by atoms with Gasteiger partial charge in [0.05, 0.1) is 6.42 Å². The number of hydrogen-bond donors (Lipinski definition) is 1. The Labute approximate surface area is 65.4 Å². The van der Waals surface area contributed by atoms with Crippen molar-refractivity contribution in [3.05, 3.63) is 0 Å². The maximum atomic E-state index is 10.8. The molecule has 62 valence electrons. The summed E-state index contributed by atoms with van der Waals surface area (Å²) in [6, 6.07) is 0. The second-order valence-corrected chi connectivity index (χ2v) is 3.42. The highest BCUT2D eigenvalue weighted by Gasteiger charge is 2.44. The Morgan fingerprint density at radius 2 is 2.36 bits per heavy atom. The van der Waals surface area contributed by atoms with Crippen molar-refractivity contribution >= 4 is 5.97 Å². The third-order valence-corrected chi connectivity index (χ3v) is 2.82. The molecule has 1 saturated heterocycles. The Balaban J connectivity index is 2.07. The van der Waals surface area contributed by atoms with E-state index in [2.05, 4.69) is 0 Å². The van der Waals surface area contributed by atoms with Gasteiger partial charge in [-0.1, -0.05) is 0 Å². The monoisotopic (exact) mass is 156 g/mol. The summed E-state index contributed by atoms with van der Waals surface area (Å²) in [4.78, 5) is 10.8. The van der Waals surface area contributed by atoms with Gasteiger partial charge < -0.3 is 9.84 Å². The molecule has 3 heteroatoms. The molecule has 1 heterocycles. The van der Waals surface area contributed by atoms with Crippen molar-refractivity contribution in [3.8, 4) is 0 Å². The molecule has 0 aromatic carbocycles. The molecule has 0 amide bonds. The average molecular weight is 156 g/mol. The van der Waals surface area contributed by atoms with Gasteiger partial charge in [0.25, 0.3) is 0 Å². The third kappa shape index (κ3) is 1.03. The highest BCUT2D eigenvalue weighted by atomic mass is 16.6. The van der Waals surface area contributed by atoms with E-state index in [9.17, 15) is 4.79 Å². The van der Waals surface area contributed by atoms with Crippen LogP contribution in [0.3, 0.4) is 0 Å². The molecule has 0 spiro atoms. The molecular formula is C8H12O3. The fourth-order valence-electron chi connectivity index (χ4n) is 2.19. The molecule has 1 N–H and O–H groups in total. The number of esters is 1. The molecule has 3 atom stereocenters. The van der Waals surface area contributed by atoms with Gasteiger partial charge in [-0.3, -0.25) is 4.79 Å². The maximum absolute atomic E-state index is 10.8. The number of fused-ring (bicyclic) bond motifs is 1. The van der Waals surface area contributed by atoms with Gasteiger partial charge in [-0.25, -0.2) is 0 Å². The van der Waals surface area contributed by atoms with Crippen LogP contribution in [0.1, 0.15) is 19.3 Å². The molecule has 1 aliphatic carbocycles. The van der Waals surface area contributed by atoms with Crippen LogP contribution in [0.15, 0.2) is 0 Å². The standard InChI is InChI=1S/C8H12O3/c9-4-5-1-2-7-6(5)3-8(10)11-7/h5-7,9H,1-4H2/t5-,6?,7+/m0/s1. The van der Waals surface area contributed by atoms with Crippen LogP contribution < -0.4 is 0 Å². The normalized spacial score (nSPS) is 42.3. The SMILES string of the molecule is O=C1CC2[C@H](CO)CC[C@H]2O1. The lowest BCUT2D eigenvalue weighted by Crippen LogP contribution is -2.16. The average Bonchev–Trinajstić information content (AvgIpc) is 2.45. The zero-order valence-corrected chi connectivity index (χ0v) is 6.32. The molecule has 1 saturated carbocycles. The van der Waals surface area contributed by atoms with Crippen LogP contribution in [0.5, 0.6) is 0 Å². The van der Waals surface area contributed by atoms with E-state index in [4.69, 9.17) is 9.84 Å². The van der Waals surface area contributed by atoms with E-state index in [1.807, 2.05) is 0 Å². The summed E-state index contributed by atoms with van der Waals surface area (Å²) in [6.45, 7) is 0.206. The number of carbonyl (C=O) groups excluding carboxylic acids is 1. The van der Waals surface area contributed by atoms with Crippen LogP contribution in [0.4, 0.5) is 0 Å². The maximum Gasteiger partial charge on any atom is 0.306 e. The molecule has 0 radical (unpaired) electrons. The summed E-state index contributed by atoms with van der Waals surface area (Å²) >= 11 is 0. The van der Waals surface area contributed by atoms with Gasteiger partial charge in [0.15, 0.2) is 0 Å². The highest BCUT2D eigenvalue weighted by Crippen LogP contribution is 2.40. The number of ether oxygens (including phenoxy) is 1. The van der Waals surface area contributed by atoms with Crippen LogP contribution >= 0.6 is 0 Å². The van der Waals surface area contributed by atoms with E-state index in [0.29, 0.717) is 18.3 Å². The number of hydrogen-bond acceptors (Lipinski definition) is 3. The Bertz CT molecular complexity index is 178. The molecule has 11 heavy (non-hydrogen) atoms. The summed E-state index contributed by atoms with van der Waals surface area (Å²) in [6.07, 6.45) is 2.61. The summed E-state index contributed by atoms with van der Waals surface area (Å²) in [5, 5.41) is 8.93. The van der Waals surface area contributed by atoms with Gasteiger partial charge in [-0.05, 0) is 18.8 Å². The molecular weight excluding hydrogens is 144 g/mol. The Hall–Kier alpha value is -0.570. The van der Waals surface area contributed by atoms with Gasteiger partial charge in [0, 0.05) is 12.5 Å². The number of aliphatic hydroxyl groups excluding tert-OH is 1. The molecule has 0 aromatic heterocycles. The van der Waals surface area contributed by atoms with Crippen LogP contribution in [-0.4, -0.2) is 23.8 Å². The van der Waals surface area contributed by atoms with Crippen LogP contribution in [0.25, 0.3) is 0 Å². The second-order valence-electron chi connectivity index (χ2n) is 3.42. The zero-order valence-electron chi connectivity index (χ0n) is 6.32. The van der Waals surface area contributed by atoms with Gasteiger partial charge >= 0.3 is 5.97 Å². The third-order valence-electron chi connectivity index (χ3n) is 2.82. The smallest absolute Gasteiger partial charge is 0.306 e. The molecule has 1 unspecified atom stereocenters. The first-order chi connectivity index (χ1) is 5.31. The molecule has 0 bridgehead atoms. The highest BCUT2D eigenvalue weighted by molar-refractivity contribution is 5.72. The van der Waals surface area contributed by atoms with E-state index in [0.717, 1.165) is 12.8 Å². The minimum absolute atomic E-state index is 0.0850. The van der Waals surface area contributed by atoms with E-state index >= 15 is 0 Å². The summed E-state index contributed by atoms with van der Waals surface area (Å²) in [5.74, 6) is 0.539. The first kappa shape index (κ1) is 7.10. The second kappa shape index (κ2) is 2.48. The first-order valence-corrected chi connectivity index (χ1v) is 4.11. The van der Waals surface area contributed by atoms with E-state index in [1.165, 1.54) is 0 Å². The van der Waals surface area contributed by atoms with Crippen LogP contribution in [0.2, 0.25) is 0 Å². The number of aliphatic hydroxyl groups is 1. The Kier molecular flexibility index (Phi) is 1.60. The predicted molar refractivity (Wildman–Crippen MR) is 37.8 cm³/mol. The lowest BCUT2D eigenvalue weighted by molar-refractivity contribution is -0.141. The molecule has 2 rings (SSSR count). The lowest BCUT2D eigenvalue weighted by Gasteiger charge is -2.11. The topological polar surface area (TPSA) is 46.5 Å². The van der Waals surface area contributed by atoms with E-state index in [-0.39, 0.29) is 18.7 Å². The van der Waals surface area contributed by atoms with E-state index in [1.54, 1.807) is 0 Å². The van der Waals surface area contributed by atoms with Crippen molar-refractivity contribution in [2.24, 2.45) is 11.8 Å². The zero-order chi connectivity index (χ0) is 7.84. The molecule has 1 aliphatic heterocycles. The van der Waals surface area contributed by atoms with Crippen molar-refractivity contribution in [1.82, 2.24) is 0 Å². The fraction of sp³-hybridized carbons (Fsp3) is 0.875. The largest absolute Gasteiger partial charge is 0.462 e. The van der Waals surface area contributed by atoms with Crippen LogP contribution in [-0.2, 0) is 9.53 Å². The fourth-order valence-corrected chi connectivity index (χ4v) is 2.19. The minimum Gasteiger partial charge on any atom is -0.462 e. The molecule has 2 aliphatic rings. The Morgan fingerprint density at radius 3 is 3.09 bits per heavy atom.